The minimum atomic E-state index is -0.650. The number of thiazole rings is 1. The highest BCUT2D eigenvalue weighted by molar-refractivity contribution is 7.21. The number of anilines is 3. The van der Waals surface area contributed by atoms with Gasteiger partial charge in [0.2, 0.25) is 0 Å². The van der Waals surface area contributed by atoms with Crippen molar-refractivity contribution in [3.05, 3.63) is 59.8 Å². The molecule has 1 aliphatic rings. The fourth-order valence-corrected chi connectivity index (χ4v) is 5.25. The molecule has 0 amide bonds. The van der Waals surface area contributed by atoms with E-state index in [0.717, 1.165) is 31.3 Å². The second-order valence-electron chi connectivity index (χ2n) is 8.73. The minimum absolute atomic E-state index is 0.219. The number of fused-ring (bicyclic) bond motifs is 1. The van der Waals surface area contributed by atoms with Gasteiger partial charge in [-0.3, -0.25) is 4.90 Å². The summed E-state index contributed by atoms with van der Waals surface area (Å²) >= 11 is 1.34. The van der Waals surface area contributed by atoms with Gasteiger partial charge < -0.3 is 15.4 Å². The molecular formula is C25H26F2N6OS. The van der Waals surface area contributed by atoms with Gasteiger partial charge in [0.1, 0.15) is 33.6 Å². The van der Waals surface area contributed by atoms with Crippen molar-refractivity contribution in [2.75, 3.05) is 30.8 Å². The van der Waals surface area contributed by atoms with Gasteiger partial charge in [-0.25, -0.2) is 23.7 Å². The number of benzene rings is 1. The van der Waals surface area contributed by atoms with E-state index < -0.39 is 11.6 Å². The lowest BCUT2D eigenvalue weighted by atomic mass is 10.1. The molecule has 1 saturated heterocycles. The first-order valence-corrected chi connectivity index (χ1v) is 12.2. The number of halogens is 2. The molecule has 0 saturated carbocycles. The highest BCUT2D eigenvalue weighted by atomic mass is 32.1. The molecule has 7 nitrogen and oxygen atoms in total. The molecule has 0 radical (unpaired) electrons. The molecule has 0 spiro atoms. The van der Waals surface area contributed by atoms with Crippen LogP contribution in [-0.4, -0.2) is 52.2 Å². The lowest BCUT2D eigenvalue weighted by Gasteiger charge is -2.35. The summed E-state index contributed by atoms with van der Waals surface area (Å²) in [6, 6.07) is 9.20. The number of ether oxygens (including phenoxy) is 1. The smallest absolute Gasteiger partial charge is 0.190 e. The quantitative estimate of drug-likeness (QED) is 0.369. The highest BCUT2D eigenvalue weighted by Crippen LogP contribution is 2.36. The molecule has 1 fully saturated rings. The standard InChI is InChI=1S/C25H26F2N6OS/c1-14-11-33(12-15(2)34-14)13-16-4-7-21(29-10-16)31-25-32-23-19(9-22(28-3)30-24(23)35-25)18-6-5-17(26)8-20(18)27/h4-10,14-15H,11-13H2,1-3H3,(H,28,30)(H,29,31,32). The third kappa shape index (κ3) is 5.24. The second-order valence-corrected chi connectivity index (χ2v) is 9.71. The average Bonchev–Trinajstić information content (AvgIpc) is 3.21. The Hall–Kier alpha value is -3.21. The van der Waals surface area contributed by atoms with E-state index in [0.29, 0.717) is 32.7 Å². The van der Waals surface area contributed by atoms with Crippen molar-refractivity contribution in [1.82, 2.24) is 19.9 Å². The number of morpholine rings is 1. The Morgan fingerprint density at radius 2 is 1.83 bits per heavy atom. The van der Waals surface area contributed by atoms with Gasteiger partial charge in [-0.1, -0.05) is 17.4 Å². The van der Waals surface area contributed by atoms with Crippen molar-refractivity contribution in [2.24, 2.45) is 0 Å². The zero-order valence-electron chi connectivity index (χ0n) is 19.7. The minimum Gasteiger partial charge on any atom is -0.373 e. The summed E-state index contributed by atoms with van der Waals surface area (Å²) in [4.78, 5) is 16.8. The summed E-state index contributed by atoms with van der Waals surface area (Å²) in [7, 11) is 1.74. The molecule has 2 unspecified atom stereocenters. The van der Waals surface area contributed by atoms with Crippen LogP contribution in [-0.2, 0) is 11.3 Å². The van der Waals surface area contributed by atoms with Crippen LogP contribution in [0.2, 0.25) is 0 Å². The predicted molar refractivity (Wildman–Crippen MR) is 135 cm³/mol. The van der Waals surface area contributed by atoms with Crippen LogP contribution < -0.4 is 10.6 Å². The van der Waals surface area contributed by atoms with Gasteiger partial charge in [-0.05, 0) is 43.7 Å². The Morgan fingerprint density at radius 3 is 2.51 bits per heavy atom. The largest absolute Gasteiger partial charge is 0.373 e. The molecular weight excluding hydrogens is 470 g/mol. The zero-order chi connectivity index (χ0) is 24.5. The number of nitrogens with zero attached hydrogens (tertiary/aromatic N) is 4. The van der Waals surface area contributed by atoms with Crippen LogP contribution in [0.4, 0.5) is 25.5 Å². The summed E-state index contributed by atoms with van der Waals surface area (Å²) in [5.74, 6) is -0.0536. The Kier molecular flexibility index (Phi) is 6.59. The van der Waals surface area contributed by atoms with Crippen molar-refractivity contribution >= 4 is 38.5 Å². The van der Waals surface area contributed by atoms with Gasteiger partial charge >= 0.3 is 0 Å². The number of hydrogen-bond donors (Lipinski definition) is 2. The number of pyridine rings is 2. The van der Waals surface area contributed by atoms with Crippen molar-refractivity contribution < 1.29 is 13.5 Å². The van der Waals surface area contributed by atoms with Crippen LogP contribution in [0.3, 0.4) is 0 Å². The molecule has 1 aromatic carbocycles. The van der Waals surface area contributed by atoms with Crippen LogP contribution in [0.15, 0.2) is 42.6 Å². The van der Waals surface area contributed by atoms with Crippen molar-refractivity contribution in [3.8, 4) is 11.1 Å². The van der Waals surface area contributed by atoms with Gasteiger partial charge in [0.25, 0.3) is 0 Å². The van der Waals surface area contributed by atoms with E-state index in [1.165, 1.54) is 23.5 Å². The molecule has 0 bridgehead atoms. The molecule has 35 heavy (non-hydrogen) atoms. The Labute approximate surface area is 206 Å². The molecule has 4 aromatic rings. The first-order chi connectivity index (χ1) is 16.9. The molecule has 3 aromatic heterocycles. The predicted octanol–water partition coefficient (Wildman–Crippen LogP) is 5.43. The molecule has 0 aliphatic carbocycles. The topological polar surface area (TPSA) is 75.2 Å². The lowest BCUT2D eigenvalue weighted by Crippen LogP contribution is -2.44. The maximum Gasteiger partial charge on any atom is 0.190 e. The normalized spacial score (nSPS) is 18.7. The monoisotopic (exact) mass is 496 g/mol. The van der Waals surface area contributed by atoms with Crippen molar-refractivity contribution in [3.63, 3.8) is 0 Å². The molecule has 5 rings (SSSR count). The summed E-state index contributed by atoms with van der Waals surface area (Å²) < 4.78 is 33.8. The maximum absolute atomic E-state index is 14.6. The highest BCUT2D eigenvalue weighted by Gasteiger charge is 2.22. The molecule has 2 atom stereocenters. The van der Waals surface area contributed by atoms with E-state index in [1.54, 1.807) is 13.1 Å². The van der Waals surface area contributed by atoms with Gasteiger partial charge in [-0.2, -0.15) is 0 Å². The van der Waals surface area contributed by atoms with E-state index in [-0.39, 0.29) is 17.8 Å². The molecule has 10 heteroatoms. The van der Waals surface area contributed by atoms with Gasteiger partial charge in [0.15, 0.2) is 5.13 Å². The summed E-state index contributed by atoms with van der Waals surface area (Å²) in [5.41, 5.74) is 2.46. The van der Waals surface area contributed by atoms with Crippen molar-refractivity contribution in [1.29, 1.82) is 0 Å². The Balaban J connectivity index is 1.38. The van der Waals surface area contributed by atoms with E-state index in [1.807, 2.05) is 18.3 Å². The zero-order valence-corrected chi connectivity index (χ0v) is 20.5. The van der Waals surface area contributed by atoms with Gasteiger partial charge in [-0.15, -0.1) is 0 Å². The summed E-state index contributed by atoms with van der Waals surface area (Å²) in [5, 5.41) is 6.80. The second kappa shape index (κ2) is 9.80. The lowest BCUT2D eigenvalue weighted by molar-refractivity contribution is -0.0705. The average molecular weight is 497 g/mol. The van der Waals surface area contributed by atoms with Gasteiger partial charge in [0, 0.05) is 50.1 Å². The van der Waals surface area contributed by atoms with Crippen LogP contribution in [0, 0.1) is 11.6 Å². The van der Waals surface area contributed by atoms with Crippen LogP contribution in [0.5, 0.6) is 0 Å². The maximum atomic E-state index is 14.6. The number of rotatable bonds is 6. The molecule has 182 valence electrons. The first kappa shape index (κ1) is 23.5. The molecule has 4 heterocycles. The SMILES string of the molecule is CNc1cc(-c2ccc(F)cc2F)c2nc(Nc3ccc(CN4CC(C)OC(C)C4)cn3)sc2n1. The van der Waals surface area contributed by atoms with E-state index >= 15 is 0 Å². The van der Waals surface area contributed by atoms with E-state index in [4.69, 9.17) is 4.74 Å². The molecule has 1 aliphatic heterocycles. The number of nitrogens with one attached hydrogen (secondary N) is 2. The fourth-order valence-electron chi connectivity index (χ4n) is 4.38. The van der Waals surface area contributed by atoms with Crippen LogP contribution in [0.1, 0.15) is 19.4 Å². The van der Waals surface area contributed by atoms with Crippen molar-refractivity contribution in [2.45, 2.75) is 32.6 Å². The Bertz CT molecular complexity index is 1340. The summed E-state index contributed by atoms with van der Waals surface area (Å²) in [6.45, 7) is 6.80. The van der Waals surface area contributed by atoms with Gasteiger partial charge in [0.05, 0.1) is 12.2 Å². The third-order valence-corrected chi connectivity index (χ3v) is 6.67. The summed E-state index contributed by atoms with van der Waals surface area (Å²) in [6.07, 6.45) is 2.30. The van der Waals surface area contributed by atoms with E-state index in [2.05, 4.69) is 44.3 Å². The third-order valence-electron chi connectivity index (χ3n) is 5.81. The number of aromatic nitrogens is 3. The number of hydrogen-bond acceptors (Lipinski definition) is 8. The van der Waals surface area contributed by atoms with Crippen LogP contribution in [0.25, 0.3) is 21.5 Å². The molecule has 2 N–H and O–H groups in total. The fraction of sp³-hybridized carbons (Fsp3) is 0.320. The van der Waals surface area contributed by atoms with Crippen LogP contribution >= 0.6 is 11.3 Å². The Morgan fingerprint density at radius 1 is 1.03 bits per heavy atom. The first-order valence-electron chi connectivity index (χ1n) is 11.4. The van der Waals surface area contributed by atoms with E-state index in [9.17, 15) is 8.78 Å².